The maximum Gasteiger partial charge on any atom is 0.211 e. The number of nitrogens with one attached hydrogen (secondary N) is 1. The summed E-state index contributed by atoms with van der Waals surface area (Å²) in [5.74, 6) is 0.180. The van der Waals surface area contributed by atoms with Gasteiger partial charge in [-0.25, -0.2) is 13.1 Å². The summed E-state index contributed by atoms with van der Waals surface area (Å²) >= 11 is 0. The minimum atomic E-state index is -3.06. The second-order valence-corrected chi connectivity index (χ2v) is 4.57. The molecule has 5 heteroatoms. The highest BCUT2D eigenvalue weighted by atomic mass is 32.2. The molecule has 11 heavy (non-hydrogen) atoms. The van der Waals surface area contributed by atoms with Crippen molar-refractivity contribution in [1.29, 1.82) is 0 Å². The van der Waals surface area contributed by atoms with Gasteiger partial charge in [0, 0.05) is 12.6 Å². The predicted octanol–water partition coefficient (Wildman–Crippen LogP) is -0.337. The average Bonchev–Trinajstić information content (AvgIpc) is 1.84. The van der Waals surface area contributed by atoms with Gasteiger partial charge in [0.2, 0.25) is 10.0 Å². The van der Waals surface area contributed by atoms with Gasteiger partial charge in [-0.3, -0.25) is 0 Å². The molecule has 68 valence electrons. The summed E-state index contributed by atoms with van der Waals surface area (Å²) in [6, 6.07) is -0.123. The van der Waals surface area contributed by atoms with E-state index in [1.165, 1.54) is 0 Å². The minimum Gasteiger partial charge on any atom is -0.327 e. The van der Waals surface area contributed by atoms with Crippen molar-refractivity contribution >= 4 is 10.0 Å². The third-order valence-corrected chi connectivity index (χ3v) is 2.65. The van der Waals surface area contributed by atoms with Crippen LogP contribution < -0.4 is 10.5 Å². The van der Waals surface area contributed by atoms with E-state index in [4.69, 9.17) is 5.73 Å². The summed E-state index contributed by atoms with van der Waals surface area (Å²) < 4.78 is 24.3. The van der Waals surface area contributed by atoms with Crippen LogP contribution in [0.3, 0.4) is 0 Å². The molecular formula is C6H16N2O2S. The number of hydrogen-bond donors (Lipinski definition) is 2. The van der Waals surface area contributed by atoms with E-state index in [9.17, 15) is 8.42 Å². The van der Waals surface area contributed by atoms with Gasteiger partial charge in [-0.2, -0.15) is 0 Å². The maximum atomic E-state index is 11.0. The molecule has 0 radical (unpaired) electrons. The summed E-state index contributed by atoms with van der Waals surface area (Å²) in [6.45, 7) is 3.90. The van der Waals surface area contributed by atoms with Crippen molar-refractivity contribution in [2.45, 2.75) is 26.3 Å². The van der Waals surface area contributed by atoms with E-state index in [0.29, 0.717) is 13.0 Å². The Morgan fingerprint density at radius 2 is 2.09 bits per heavy atom. The van der Waals surface area contributed by atoms with Crippen molar-refractivity contribution in [3.8, 4) is 0 Å². The minimum absolute atomic E-state index is 0.123. The van der Waals surface area contributed by atoms with Gasteiger partial charge in [0.1, 0.15) is 0 Å². The van der Waals surface area contributed by atoms with Crippen LogP contribution in [0.2, 0.25) is 0 Å². The maximum absolute atomic E-state index is 11.0. The fraction of sp³-hybridized carbons (Fsp3) is 1.00. The normalized spacial score (nSPS) is 14.8. The molecule has 0 aromatic rings. The van der Waals surface area contributed by atoms with E-state index in [0.717, 1.165) is 0 Å². The highest BCUT2D eigenvalue weighted by molar-refractivity contribution is 7.89. The molecule has 0 aromatic carbocycles. The first kappa shape index (κ1) is 10.9. The fourth-order valence-corrected chi connectivity index (χ4v) is 1.80. The molecule has 0 fully saturated rings. The van der Waals surface area contributed by atoms with Crippen molar-refractivity contribution in [2.24, 2.45) is 5.73 Å². The van der Waals surface area contributed by atoms with Crippen LogP contribution in [0.1, 0.15) is 20.3 Å². The first-order valence-electron chi connectivity index (χ1n) is 3.71. The van der Waals surface area contributed by atoms with E-state index in [2.05, 4.69) is 4.72 Å². The Bertz CT molecular complexity index is 187. The van der Waals surface area contributed by atoms with Crippen LogP contribution >= 0.6 is 0 Å². The number of rotatable bonds is 5. The first-order chi connectivity index (χ1) is 4.98. The standard InChI is InChI=1S/C6H16N2O2S/c1-3-4-11(9,10)8-5-6(2)7/h6,8H,3-5,7H2,1-2H3. The monoisotopic (exact) mass is 180 g/mol. The van der Waals surface area contributed by atoms with Crippen LogP contribution in [-0.4, -0.2) is 26.8 Å². The van der Waals surface area contributed by atoms with Gasteiger partial charge in [0.15, 0.2) is 0 Å². The number of nitrogens with two attached hydrogens (primary N) is 1. The molecule has 1 unspecified atom stereocenters. The van der Waals surface area contributed by atoms with Gasteiger partial charge in [-0.05, 0) is 13.3 Å². The smallest absolute Gasteiger partial charge is 0.211 e. The molecule has 0 bridgehead atoms. The summed E-state index contributed by atoms with van der Waals surface area (Å²) in [6.07, 6.45) is 0.633. The Hall–Kier alpha value is -0.130. The number of sulfonamides is 1. The largest absolute Gasteiger partial charge is 0.327 e. The molecular weight excluding hydrogens is 164 g/mol. The van der Waals surface area contributed by atoms with Crippen molar-refractivity contribution in [3.05, 3.63) is 0 Å². The average molecular weight is 180 g/mol. The van der Waals surface area contributed by atoms with Crippen LogP contribution in [0.25, 0.3) is 0 Å². The van der Waals surface area contributed by atoms with E-state index in [-0.39, 0.29) is 11.8 Å². The van der Waals surface area contributed by atoms with Crippen molar-refractivity contribution in [1.82, 2.24) is 4.72 Å². The quantitative estimate of drug-likeness (QED) is 0.608. The predicted molar refractivity (Wildman–Crippen MR) is 45.7 cm³/mol. The summed E-state index contributed by atoms with van der Waals surface area (Å²) in [7, 11) is -3.06. The van der Waals surface area contributed by atoms with Crippen molar-refractivity contribution in [2.75, 3.05) is 12.3 Å². The third kappa shape index (κ3) is 6.28. The first-order valence-corrected chi connectivity index (χ1v) is 5.36. The van der Waals surface area contributed by atoms with Gasteiger partial charge in [-0.1, -0.05) is 6.92 Å². The summed E-state index contributed by atoms with van der Waals surface area (Å²) in [5, 5.41) is 0. The zero-order valence-electron chi connectivity index (χ0n) is 7.00. The topological polar surface area (TPSA) is 72.2 Å². The summed E-state index contributed by atoms with van der Waals surface area (Å²) in [5.41, 5.74) is 5.37. The molecule has 0 aliphatic carbocycles. The molecule has 0 spiro atoms. The molecule has 0 aliphatic rings. The van der Waals surface area contributed by atoms with Gasteiger partial charge in [-0.15, -0.1) is 0 Å². The van der Waals surface area contributed by atoms with E-state index < -0.39 is 10.0 Å². The molecule has 0 rings (SSSR count). The van der Waals surface area contributed by atoms with Gasteiger partial charge >= 0.3 is 0 Å². The molecule has 0 aromatic heterocycles. The van der Waals surface area contributed by atoms with Gasteiger partial charge in [0.25, 0.3) is 0 Å². The third-order valence-electron chi connectivity index (χ3n) is 1.10. The second kappa shape index (κ2) is 4.69. The second-order valence-electron chi connectivity index (χ2n) is 2.64. The zero-order chi connectivity index (χ0) is 8.91. The van der Waals surface area contributed by atoms with Crippen LogP contribution in [-0.2, 0) is 10.0 Å². The van der Waals surface area contributed by atoms with Crippen LogP contribution in [0.15, 0.2) is 0 Å². The lowest BCUT2D eigenvalue weighted by Crippen LogP contribution is -2.36. The Kier molecular flexibility index (Phi) is 4.63. The molecule has 0 saturated carbocycles. The zero-order valence-corrected chi connectivity index (χ0v) is 7.82. The molecule has 0 heterocycles. The molecule has 4 nitrogen and oxygen atoms in total. The molecule has 1 atom stereocenters. The van der Waals surface area contributed by atoms with Gasteiger partial charge < -0.3 is 5.73 Å². The van der Waals surface area contributed by atoms with Crippen LogP contribution in [0, 0.1) is 0 Å². The number of hydrogen-bond acceptors (Lipinski definition) is 3. The Morgan fingerprint density at radius 1 is 1.55 bits per heavy atom. The molecule has 0 aliphatic heterocycles. The lowest BCUT2D eigenvalue weighted by atomic mass is 10.4. The molecule has 0 saturated heterocycles. The van der Waals surface area contributed by atoms with Crippen LogP contribution in [0.4, 0.5) is 0 Å². The highest BCUT2D eigenvalue weighted by Crippen LogP contribution is 1.87. The lowest BCUT2D eigenvalue weighted by molar-refractivity contribution is 0.572. The Balaban J connectivity index is 3.74. The summed E-state index contributed by atoms with van der Waals surface area (Å²) in [4.78, 5) is 0. The van der Waals surface area contributed by atoms with Crippen molar-refractivity contribution in [3.63, 3.8) is 0 Å². The SMILES string of the molecule is CCCS(=O)(=O)NCC(C)N. The van der Waals surface area contributed by atoms with E-state index in [1.807, 2.05) is 6.92 Å². The van der Waals surface area contributed by atoms with Crippen molar-refractivity contribution < 1.29 is 8.42 Å². The van der Waals surface area contributed by atoms with Gasteiger partial charge in [0.05, 0.1) is 5.75 Å². The Morgan fingerprint density at radius 3 is 2.45 bits per heavy atom. The fourth-order valence-electron chi connectivity index (χ4n) is 0.599. The Labute approximate surface area is 68.2 Å². The molecule has 3 N–H and O–H groups in total. The highest BCUT2D eigenvalue weighted by Gasteiger charge is 2.07. The van der Waals surface area contributed by atoms with Crippen LogP contribution in [0.5, 0.6) is 0 Å². The lowest BCUT2D eigenvalue weighted by Gasteiger charge is -2.06. The van der Waals surface area contributed by atoms with E-state index in [1.54, 1.807) is 6.92 Å². The molecule has 0 amide bonds. The van der Waals surface area contributed by atoms with E-state index >= 15 is 0 Å².